The third kappa shape index (κ3) is 5.34. The van der Waals surface area contributed by atoms with Crippen LogP contribution in [-0.2, 0) is 20.4 Å². The minimum Gasteiger partial charge on any atom is -0.459 e. The molecule has 7 nitrogen and oxygen atoms in total. The molecule has 1 aromatic heterocycles. The Morgan fingerprint density at radius 3 is 2.40 bits per heavy atom. The summed E-state index contributed by atoms with van der Waals surface area (Å²) in [4.78, 5) is 32.4. The maximum atomic E-state index is 13.0. The van der Waals surface area contributed by atoms with E-state index in [4.69, 9.17) is 14.1 Å². The quantitative estimate of drug-likeness (QED) is 0.317. The van der Waals surface area contributed by atoms with Gasteiger partial charge in [0, 0.05) is 18.2 Å². The van der Waals surface area contributed by atoms with Gasteiger partial charge in [-0.2, -0.15) is 0 Å². The van der Waals surface area contributed by atoms with E-state index in [9.17, 15) is 9.59 Å². The van der Waals surface area contributed by atoms with E-state index >= 15 is 0 Å². The molecule has 1 N–H and O–H groups in total. The van der Waals surface area contributed by atoms with Crippen LogP contribution >= 0.6 is 0 Å². The second-order valence-corrected chi connectivity index (χ2v) is 17.2. The second kappa shape index (κ2) is 9.60. The number of carbonyl (C=O) groups excluding carboxylic acids is 2. The largest absolute Gasteiger partial charge is 0.459 e. The normalized spacial score (nSPS) is 23.7. The number of hydrogen-bond donors (Lipinski definition) is 1. The average Bonchev–Trinajstić information content (AvgIpc) is 3.10. The van der Waals surface area contributed by atoms with E-state index in [1.54, 1.807) is 0 Å². The lowest BCUT2D eigenvalue weighted by atomic mass is 9.98. The van der Waals surface area contributed by atoms with Crippen LogP contribution in [0, 0.1) is 5.92 Å². The first-order valence-corrected chi connectivity index (χ1v) is 15.8. The molecule has 2 unspecified atom stereocenters. The molecule has 1 aromatic rings. The molecule has 0 amide bonds. The molecule has 0 aliphatic carbocycles. The summed E-state index contributed by atoms with van der Waals surface area (Å²) in [5.74, 6) is 1.08. The van der Waals surface area contributed by atoms with E-state index in [0.29, 0.717) is 30.1 Å². The van der Waals surface area contributed by atoms with Crippen molar-refractivity contribution >= 4 is 26.4 Å². The van der Waals surface area contributed by atoms with Crippen molar-refractivity contribution in [1.29, 1.82) is 0 Å². The Balaban J connectivity index is 1.95. The zero-order chi connectivity index (χ0) is 26.5. The summed E-state index contributed by atoms with van der Waals surface area (Å²) in [6, 6.07) is 1.55. The molecule has 2 aliphatic heterocycles. The smallest absolute Gasteiger partial charge is 0.325 e. The van der Waals surface area contributed by atoms with Gasteiger partial charge in [0.15, 0.2) is 14.6 Å². The highest BCUT2D eigenvalue weighted by molar-refractivity contribution is 6.74. The summed E-state index contributed by atoms with van der Waals surface area (Å²) in [6.45, 7) is 24.0. The molecule has 3 heterocycles. The summed E-state index contributed by atoms with van der Waals surface area (Å²) in [5, 5.41) is 3.44. The van der Waals surface area contributed by atoms with E-state index in [-0.39, 0.29) is 29.2 Å². The maximum absolute atomic E-state index is 13.0. The Kier molecular flexibility index (Phi) is 7.62. The summed E-state index contributed by atoms with van der Waals surface area (Å²) in [6.07, 6.45) is 1.22. The van der Waals surface area contributed by atoms with Crippen molar-refractivity contribution in [1.82, 2.24) is 10.3 Å². The van der Waals surface area contributed by atoms with Crippen molar-refractivity contribution in [3.8, 4) is 0 Å². The van der Waals surface area contributed by atoms with Gasteiger partial charge in [-0.3, -0.25) is 9.59 Å². The van der Waals surface area contributed by atoms with E-state index in [1.807, 2.05) is 33.8 Å². The Bertz CT molecular complexity index is 970. The van der Waals surface area contributed by atoms with Crippen LogP contribution in [0.4, 0.5) is 5.82 Å². The maximum Gasteiger partial charge on any atom is 0.325 e. The molecule has 8 heteroatoms. The summed E-state index contributed by atoms with van der Waals surface area (Å²) in [5.41, 5.74) is 1.69. The third-order valence-corrected chi connectivity index (χ3v) is 12.9. The Labute approximate surface area is 212 Å². The van der Waals surface area contributed by atoms with Crippen LogP contribution in [0.5, 0.6) is 0 Å². The molecular weight excluding hydrogens is 458 g/mol. The van der Waals surface area contributed by atoms with Crippen LogP contribution in [0.3, 0.4) is 0 Å². The fourth-order valence-electron chi connectivity index (χ4n) is 5.15. The number of aromatic nitrogens is 1. The number of hydrogen-bond acceptors (Lipinski definition) is 7. The fourth-order valence-corrected chi connectivity index (χ4v) is 7.84. The van der Waals surface area contributed by atoms with E-state index in [0.717, 1.165) is 17.7 Å². The zero-order valence-corrected chi connectivity index (χ0v) is 24.5. The van der Waals surface area contributed by atoms with Crippen LogP contribution in [0.25, 0.3) is 0 Å². The molecular formula is C27H45N3O4Si. The van der Waals surface area contributed by atoms with Gasteiger partial charge in [0.25, 0.3) is 0 Å². The van der Waals surface area contributed by atoms with Crippen LogP contribution in [-0.4, -0.2) is 55.8 Å². The molecule has 3 rings (SSSR count). The lowest BCUT2D eigenvalue weighted by molar-refractivity contribution is -0.158. The van der Waals surface area contributed by atoms with E-state index in [1.165, 1.54) is 0 Å². The number of carbonyl (C=O) groups is 2. The summed E-state index contributed by atoms with van der Waals surface area (Å²) in [7, 11) is -2.14. The van der Waals surface area contributed by atoms with Gasteiger partial charge in [0.05, 0.1) is 17.8 Å². The topological polar surface area (TPSA) is 80.8 Å². The lowest BCUT2D eigenvalue weighted by Crippen LogP contribution is -2.64. The molecule has 0 saturated carbocycles. The standard InChI is InChI=1S/C27H45N3O4Si/c1-16(2)27(8,9)35(10,11)34-18(4)22-20(15-31)12-19-13-21-23(25(32)33-26(5,6)7)28-14-17(3)30(21)24(19)29-22/h12,15-18,21,23,28H,13-14H2,1-11H3/t17-,18?,21-,23?/m1/s1. The van der Waals surface area contributed by atoms with E-state index < -0.39 is 20.0 Å². The number of pyridine rings is 1. The number of rotatable bonds is 7. The van der Waals surface area contributed by atoms with Crippen LogP contribution in [0.1, 0.15) is 90.0 Å². The number of fused-ring (bicyclic) bond motifs is 3. The first-order chi connectivity index (χ1) is 16.0. The zero-order valence-electron chi connectivity index (χ0n) is 23.5. The van der Waals surface area contributed by atoms with Gasteiger partial charge in [0.1, 0.15) is 17.5 Å². The Morgan fingerprint density at radius 2 is 1.86 bits per heavy atom. The van der Waals surface area contributed by atoms with Gasteiger partial charge in [-0.25, -0.2) is 4.98 Å². The van der Waals surface area contributed by atoms with Crippen molar-refractivity contribution in [3.05, 3.63) is 22.9 Å². The minimum absolute atomic E-state index is 0.0537. The van der Waals surface area contributed by atoms with E-state index in [2.05, 4.69) is 57.9 Å². The molecule has 1 saturated heterocycles. The van der Waals surface area contributed by atoms with Crippen LogP contribution in [0.15, 0.2) is 6.07 Å². The van der Waals surface area contributed by atoms with Crippen LogP contribution in [0.2, 0.25) is 18.1 Å². The average molecular weight is 504 g/mol. The molecule has 35 heavy (non-hydrogen) atoms. The van der Waals surface area contributed by atoms with Gasteiger partial charge >= 0.3 is 5.97 Å². The van der Waals surface area contributed by atoms with Crippen molar-refractivity contribution in [2.24, 2.45) is 5.92 Å². The van der Waals surface area contributed by atoms with Gasteiger partial charge in [-0.05, 0) is 76.7 Å². The number of piperazine rings is 1. The molecule has 0 aromatic carbocycles. The predicted octanol–water partition coefficient (Wildman–Crippen LogP) is 5.05. The van der Waals surface area contributed by atoms with Gasteiger partial charge in [-0.15, -0.1) is 0 Å². The van der Waals surface area contributed by atoms with Crippen molar-refractivity contribution in [2.45, 2.75) is 117 Å². The van der Waals surface area contributed by atoms with Gasteiger partial charge < -0.3 is 19.4 Å². The third-order valence-electron chi connectivity index (χ3n) is 8.30. The number of ether oxygens (including phenoxy) is 1. The number of esters is 1. The molecule has 1 fully saturated rings. The SMILES string of the molecule is CC(O[Si](C)(C)C(C)(C)C(C)C)c1nc2c(cc1C=O)C[C@@H]1C(C(=O)OC(C)(C)C)NC[C@@H](C)N21. The summed E-state index contributed by atoms with van der Waals surface area (Å²) < 4.78 is 12.5. The number of nitrogens with one attached hydrogen (secondary N) is 1. The molecule has 4 atom stereocenters. The van der Waals surface area contributed by atoms with Gasteiger partial charge in [0.2, 0.25) is 0 Å². The first-order valence-electron chi connectivity index (χ1n) is 12.9. The second-order valence-electron chi connectivity index (χ2n) is 12.7. The lowest BCUT2D eigenvalue weighted by Gasteiger charge is -2.44. The predicted molar refractivity (Wildman–Crippen MR) is 143 cm³/mol. The van der Waals surface area contributed by atoms with Crippen molar-refractivity contribution in [3.63, 3.8) is 0 Å². The summed E-state index contributed by atoms with van der Waals surface area (Å²) >= 11 is 0. The molecule has 0 bridgehead atoms. The number of anilines is 1. The van der Waals surface area contributed by atoms with Gasteiger partial charge in [-0.1, -0.05) is 27.7 Å². The molecule has 0 spiro atoms. The molecule has 196 valence electrons. The highest BCUT2D eigenvalue weighted by Crippen LogP contribution is 2.47. The Hall–Kier alpha value is -1.77. The first kappa shape index (κ1) is 27.8. The van der Waals surface area contributed by atoms with Crippen molar-refractivity contribution < 1.29 is 18.8 Å². The minimum atomic E-state index is -2.14. The molecule has 2 aliphatic rings. The number of nitrogens with zero attached hydrogens (tertiary/aromatic N) is 2. The number of aldehydes is 1. The highest BCUT2D eigenvalue weighted by atomic mass is 28.4. The fraction of sp³-hybridized carbons (Fsp3) is 0.741. The monoisotopic (exact) mass is 503 g/mol. The van der Waals surface area contributed by atoms with Crippen molar-refractivity contribution in [2.75, 3.05) is 11.4 Å². The highest BCUT2D eigenvalue weighted by Gasteiger charge is 2.47. The molecule has 0 radical (unpaired) electrons. The Morgan fingerprint density at radius 1 is 1.23 bits per heavy atom. The van der Waals surface area contributed by atoms with Crippen LogP contribution < -0.4 is 10.2 Å².